The fraction of sp³-hybridized carbons (Fsp3) is 0.571. The van der Waals surface area contributed by atoms with Crippen molar-refractivity contribution in [1.29, 1.82) is 0 Å². The highest BCUT2D eigenvalue weighted by molar-refractivity contribution is 5.95. The van der Waals surface area contributed by atoms with Gasteiger partial charge in [0, 0.05) is 18.3 Å². The van der Waals surface area contributed by atoms with E-state index in [1.165, 1.54) is 12.8 Å². The van der Waals surface area contributed by atoms with Gasteiger partial charge in [-0.2, -0.15) is 0 Å². The van der Waals surface area contributed by atoms with Crippen molar-refractivity contribution in [1.82, 2.24) is 15.6 Å². The van der Waals surface area contributed by atoms with Crippen LogP contribution in [-0.4, -0.2) is 30.0 Å². The minimum absolute atomic E-state index is 0.0210. The maximum absolute atomic E-state index is 12.0. The van der Waals surface area contributed by atoms with Gasteiger partial charge in [0.1, 0.15) is 0 Å². The zero-order valence-corrected chi connectivity index (χ0v) is 11.1. The smallest absolute Gasteiger partial charge is 0.253 e. The summed E-state index contributed by atoms with van der Waals surface area (Å²) in [6, 6.07) is 4.14. The van der Waals surface area contributed by atoms with Gasteiger partial charge < -0.3 is 10.6 Å². The highest BCUT2D eigenvalue weighted by Crippen LogP contribution is 2.08. The molecule has 0 bridgehead atoms. The Hall–Kier alpha value is -1.42. The highest BCUT2D eigenvalue weighted by Gasteiger charge is 2.15. The third-order valence-electron chi connectivity index (χ3n) is 3.39. The summed E-state index contributed by atoms with van der Waals surface area (Å²) >= 11 is 0. The Labute approximate surface area is 108 Å². The first-order chi connectivity index (χ1) is 8.66. The van der Waals surface area contributed by atoms with Crippen LogP contribution in [0.2, 0.25) is 0 Å². The van der Waals surface area contributed by atoms with E-state index < -0.39 is 0 Å². The molecule has 1 aliphatic heterocycles. The molecule has 1 atom stereocenters. The zero-order valence-electron chi connectivity index (χ0n) is 11.1. The van der Waals surface area contributed by atoms with Crippen molar-refractivity contribution < 1.29 is 4.79 Å². The molecule has 1 fully saturated rings. The maximum Gasteiger partial charge on any atom is 0.253 e. The summed E-state index contributed by atoms with van der Waals surface area (Å²) in [6.07, 6.45) is 3.63. The molecule has 1 aromatic heterocycles. The maximum atomic E-state index is 12.0. The largest absolute Gasteiger partial charge is 0.350 e. The monoisotopic (exact) mass is 247 g/mol. The molecule has 2 N–H and O–H groups in total. The third kappa shape index (κ3) is 3.29. The highest BCUT2D eigenvalue weighted by atomic mass is 16.1. The Morgan fingerprint density at radius 2 is 2.28 bits per heavy atom. The van der Waals surface area contributed by atoms with Crippen LogP contribution in [0.3, 0.4) is 0 Å². The van der Waals surface area contributed by atoms with Crippen LogP contribution in [0, 0.1) is 13.8 Å². The van der Waals surface area contributed by atoms with Crippen molar-refractivity contribution in [3.05, 3.63) is 29.1 Å². The van der Waals surface area contributed by atoms with Crippen molar-refractivity contribution in [2.75, 3.05) is 13.1 Å². The number of pyridine rings is 1. The van der Waals surface area contributed by atoms with Gasteiger partial charge in [-0.15, -0.1) is 0 Å². The van der Waals surface area contributed by atoms with Crippen molar-refractivity contribution in [2.24, 2.45) is 0 Å². The topological polar surface area (TPSA) is 54.0 Å². The number of aryl methyl sites for hydroxylation is 2. The third-order valence-corrected chi connectivity index (χ3v) is 3.39. The lowest BCUT2D eigenvalue weighted by Gasteiger charge is -2.23. The Morgan fingerprint density at radius 3 is 2.94 bits per heavy atom. The number of piperidine rings is 1. The molecule has 2 heterocycles. The van der Waals surface area contributed by atoms with Crippen LogP contribution in [0.1, 0.15) is 41.0 Å². The molecule has 1 saturated heterocycles. The minimum Gasteiger partial charge on any atom is -0.350 e. The van der Waals surface area contributed by atoms with Crippen LogP contribution in [0.25, 0.3) is 0 Å². The van der Waals surface area contributed by atoms with E-state index in [9.17, 15) is 4.79 Å². The number of carbonyl (C=O) groups is 1. The number of rotatable bonds is 3. The van der Waals surface area contributed by atoms with Crippen molar-refractivity contribution in [2.45, 2.75) is 39.2 Å². The first-order valence-corrected chi connectivity index (χ1v) is 6.62. The second-order valence-corrected chi connectivity index (χ2v) is 4.94. The first-order valence-electron chi connectivity index (χ1n) is 6.62. The molecule has 4 nitrogen and oxygen atoms in total. The Morgan fingerprint density at radius 1 is 1.44 bits per heavy atom. The van der Waals surface area contributed by atoms with E-state index in [1.807, 2.05) is 26.0 Å². The van der Waals surface area contributed by atoms with E-state index in [4.69, 9.17) is 0 Å². The van der Waals surface area contributed by atoms with E-state index >= 15 is 0 Å². The molecule has 1 aromatic rings. The molecular weight excluding hydrogens is 226 g/mol. The Kier molecular flexibility index (Phi) is 4.31. The standard InChI is InChI=1S/C14H21N3O/c1-10-6-7-13(11(2)17-10)14(18)16-9-12-5-3-4-8-15-12/h6-7,12,15H,3-5,8-9H2,1-2H3,(H,16,18). The molecular formula is C14H21N3O. The molecule has 4 heteroatoms. The average molecular weight is 247 g/mol. The van der Waals surface area contributed by atoms with E-state index in [0.29, 0.717) is 18.2 Å². The van der Waals surface area contributed by atoms with Crippen LogP contribution < -0.4 is 10.6 Å². The summed E-state index contributed by atoms with van der Waals surface area (Å²) in [7, 11) is 0. The molecule has 1 aliphatic rings. The number of aromatic nitrogens is 1. The summed E-state index contributed by atoms with van der Waals surface area (Å²) in [5, 5.41) is 6.41. The number of hydrogen-bond donors (Lipinski definition) is 2. The zero-order chi connectivity index (χ0) is 13.0. The summed E-state index contributed by atoms with van der Waals surface area (Å²) in [6.45, 7) is 5.57. The summed E-state index contributed by atoms with van der Waals surface area (Å²) in [5.41, 5.74) is 2.42. The Bertz CT molecular complexity index is 425. The molecule has 0 aliphatic carbocycles. The van der Waals surface area contributed by atoms with Crippen molar-refractivity contribution in [3.8, 4) is 0 Å². The first kappa shape index (κ1) is 13.0. The minimum atomic E-state index is -0.0210. The van der Waals surface area contributed by atoms with Crippen LogP contribution in [0.4, 0.5) is 0 Å². The van der Waals surface area contributed by atoms with Gasteiger partial charge >= 0.3 is 0 Å². The second kappa shape index (κ2) is 5.96. The van der Waals surface area contributed by atoms with E-state index in [-0.39, 0.29) is 5.91 Å². The molecule has 18 heavy (non-hydrogen) atoms. The van der Waals surface area contributed by atoms with Gasteiger partial charge in [0.15, 0.2) is 0 Å². The average Bonchev–Trinajstić information content (AvgIpc) is 2.37. The van der Waals surface area contributed by atoms with E-state index in [1.54, 1.807) is 0 Å². The molecule has 0 radical (unpaired) electrons. The lowest BCUT2D eigenvalue weighted by molar-refractivity contribution is 0.0946. The summed E-state index contributed by atoms with van der Waals surface area (Å²) in [4.78, 5) is 16.4. The number of hydrogen-bond acceptors (Lipinski definition) is 3. The van der Waals surface area contributed by atoms with Crippen molar-refractivity contribution >= 4 is 5.91 Å². The van der Waals surface area contributed by atoms with E-state index in [0.717, 1.165) is 24.4 Å². The Balaban J connectivity index is 1.90. The molecule has 98 valence electrons. The van der Waals surface area contributed by atoms with Gasteiger partial charge in [-0.3, -0.25) is 9.78 Å². The molecule has 1 amide bonds. The normalized spacial score (nSPS) is 19.6. The van der Waals surface area contributed by atoms with Crippen LogP contribution in [-0.2, 0) is 0 Å². The van der Waals surface area contributed by atoms with Gasteiger partial charge in [-0.1, -0.05) is 6.42 Å². The lowest BCUT2D eigenvalue weighted by Crippen LogP contribution is -2.43. The molecule has 0 saturated carbocycles. The fourth-order valence-corrected chi connectivity index (χ4v) is 2.34. The van der Waals surface area contributed by atoms with Crippen LogP contribution >= 0.6 is 0 Å². The lowest BCUT2D eigenvalue weighted by atomic mass is 10.0. The summed E-state index contributed by atoms with van der Waals surface area (Å²) < 4.78 is 0. The van der Waals surface area contributed by atoms with Gasteiger partial charge in [0.2, 0.25) is 0 Å². The predicted octanol–water partition coefficient (Wildman–Crippen LogP) is 1.57. The van der Waals surface area contributed by atoms with E-state index in [2.05, 4.69) is 15.6 Å². The number of amides is 1. The summed E-state index contributed by atoms with van der Waals surface area (Å²) in [5.74, 6) is -0.0210. The van der Waals surface area contributed by atoms with Crippen LogP contribution in [0.15, 0.2) is 12.1 Å². The van der Waals surface area contributed by atoms with Gasteiger partial charge in [0.25, 0.3) is 5.91 Å². The number of carbonyl (C=O) groups excluding carboxylic acids is 1. The number of nitrogens with zero attached hydrogens (tertiary/aromatic N) is 1. The van der Waals surface area contributed by atoms with Crippen molar-refractivity contribution in [3.63, 3.8) is 0 Å². The second-order valence-electron chi connectivity index (χ2n) is 4.94. The molecule has 0 spiro atoms. The van der Waals surface area contributed by atoms with Crippen LogP contribution in [0.5, 0.6) is 0 Å². The van der Waals surface area contributed by atoms with Gasteiger partial charge in [-0.05, 0) is 45.4 Å². The quantitative estimate of drug-likeness (QED) is 0.852. The molecule has 1 unspecified atom stereocenters. The SMILES string of the molecule is Cc1ccc(C(=O)NCC2CCCCN2)c(C)n1. The predicted molar refractivity (Wildman–Crippen MR) is 71.7 cm³/mol. The van der Waals surface area contributed by atoms with Gasteiger partial charge in [0.05, 0.1) is 11.3 Å². The molecule has 2 rings (SSSR count). The van der Waals surface area contributed by atoms with Gasteiger partial charge in [-0.25, -0.2) is 0 Å². The fourth-order valence-electron chi connectivity index (χ4n) is 2.34. The molecule has 0 aromatic carbocycles. The number of nitrogens with one attached hydrogen (secondary N) is 2.